The maximum atomic E-state index is 12.5. The third kappa shape index (κ3) is 2.85. The zero-order valence-corrected chi connectivity index (χ0v) is 11.8. The minimum absolute atomic E-state index is 0.371. The first-order chi connectivity index (χ1) is 9.24. The van der Waals surface area contributed by atoms with Crippen molar-refractivity contribution in [3.63, 3.8) is 0 Å². The Labute approximate surface area is 115 Å². The summed E-state index contributed by atoms with van der Waals surface area (Å²) >= 11 is 0. The second-order valence-corrected chi connectivity index (χ2v) is 6.67. The van der Waals surface area contributed by atoms with Gasteiger partial charge in [-0.1, -0.05) is 6.42 Å². The van der Waals surface area contributed by atoms with Crippen LogP contribution in [-0.2, 0) is 9.59 Å². The van der Waals surface area contributed by atoms with Gasteiger partial charge in [-0.3, -0.25) is 9.59 Å². The highest BCUT2D eigenvalue weighted by Gasteiger charge is 2.37. The van der Waals surface area contributed by atoms with Crippen LogP contribution in [0.3, 0.4) is 0 Å². The van der Waals surface area contributed by atoms with Crippen molar-refractivity contribution < 1.29 is 9.59 Å². The van der Waals surface area contributed by atoms with Crippen LogP contribution in [0.15, 0.2) is 0 Å². The van der Waals surface area contributed by atoms with E-state index in [-0.39, 0.29) is 0 Å². The van der Waals surface area contributed by atoms with E-state index in [0.29, 0.717) is 42.9 Å². The molecule has 0 aromatic carbocycles. The van der Waals surface area contributed by atoms with Gasteiger partial charge in [0.25, 0.3) is 0 Å². The Morgan fingerprint density at radius 3 is 2.58 bits per heavy atom. The van der Waals surface area contributed by atoms with E-state index in [0.717, 1.165) is 25.3 Å². The lowest BCUT2D eigenvalue weighted by atomic mass is 9.85. The zero-order chi connectivity index (χ0) is 13.2. The molecule has 0 radical (unpaired) electrons. The molecule has 19 heavy (non-hydrogen) atoms. The quantitative estimate of drug-likeness (QED) is 0.768. The summed E-state index contributed by atoms with van der Waals surface area (Å²) in [6, 6.07) is 0.548. The van der Waals surface area contributed by atoms with Gasteiger partial charge in [-0.25, -0.2) is 0 Å². The molecule has 0 aromatic rings. The van der Waals surface area contributed by atoms with E-state index in [1.54, 1.807) is 0 Å². The number of hydrogen-bond acceptors (Lipinski definition) is 2. The highest BCUT2D eigenvalue weighted by molar-refractivity contribution is 5.80. The van der Waals surface area contributed by atoms with Gasteiger partial charge in [0.2, 0.25) is 5.91 Å². The van der Waals surface area contributed by atoms with Gasteiger partial charge in [0, 0.05) is 31.8 Å². The van der Waals surface area contributed by atoms with Gasteiger partial charge in [-0.2, -0.15) is 0 Å². The third-order valence-corrected chi connectivity index (χ3v) is 5.44. The van der Waals surface area contributed by atoms with Crippen LogP contribution in [0.1, 0.15) is 64.2 Å². The van der Waals surface area contributed by atoms with Crippen molar-refractivity contribution >= 4 is 11.7 Å². The van der Waals surface area contributed by atoms with Gasteiger partial charge in [0.1, 0.15) is 5.78 Å². The molecule has 1 saturated heterocycles. The van der Waals surface area contributed by atoms with E-state index in [1.165, 1.54) is 32.1 Å². The van der Waals surface area contributed by atoms with E-state index in [1.807, 2.05) is 0 Å². The van der Waals surface area contributed by atoms with E-state index in [9.17, 15) is 9.59 Å². The summed E-state index contributed by atoms with van der Waals surface area (Å²) in [7, 11) is 0. The van der Waals surface area contributed by atoms with Crippen molar-refractivity contribution in [2.45, 2.75) is 70.3 Å². The van der Waals surface area contributed by atoms with Crippen LogP contribution >= 0.6 is 0 Å². The van der Waals surface area contributed by atoms with Crippen LogP contribution in [-0.4, -0.2) is 29.2 Å². The number of likely N-dealkylation sites (tertiary alicyclic amines) is 1. The molecule has 3 nitrogen and oxygen atoms in total. The second-order valence-electron chi connectivity index (χ2n) is 6.67. The number of fused-ring (bicyclic) bond motifs is 1. The smallest absolute Gasteiger partial charge is 0.223 e. The van der Waals surface area contributed by atoms with E-state index < -0.39 is 0 Å². The number of carbonyl (C=O) groups excluding carboxylic acids is 2. The standard InChI is InChI=1S/C16H25NO2/c18-14-8-6-12(7-9-14)11-16(19)17-10-2-4-13-3-1-5-15(13)17/h12-13,15H,1-11H2/t13-,15-/m0/s1. The number of ketones is 1. The molecule has 2 atom stereocenters. The number of piperidine rings is 1. The summed E-state index contributed by atoms with van der Waals surface area (Å²) in [6.07, 6.45) is 10.3. The SMILES string of the molecule is O=C1CCC(CC(=O)N2CCC[C@@H]3CCC[C@@H]32)CC1. The van der Waals surface area contributed by atoms with E-state index in [4.69, 9.17) is 0 Å². The van der Waals surface area contributed by atoms with Gasteiger partial charge >= 0.3 is 0 Å². The van der Waals surface area contributed by atoms with Crippen LogP contribution in [0.5, 0.6) is 0 Å². The van der Waals surface area contributed by atoms with Crippen LogP contribution in [0, 0.1) is 11.8 Å². The van der Waals surface area contributed by atoms with Crippen molar-refractivity contribution in [3.05, 3.63) is 0 Å². The van der Waals surface area contributed by atoms with Crippen LogP contribution in [0.25, 0.3) is 0 Å². The molecule has 106 valence electrons. The van der Waals surface area contributed by atoms with Crippen LogP contribution in [0.4, 0.5) is 0 Å². The molecule has 2 aliphatic carbocycles. The topological polar surface area (TPSA) is 37.4 Å². The van der Waals surface area contributed by atoms with Crippen molar-refractivity contribution in [2.24, 2.45) is 11.8 Å². The predicted octanol–water partition coefficient (Wildman–Crippen LogP) is 2.93. The summed E-state index contributed by atoms with van der Waals surface area (Å²) in [6.45, 7) is 0.978. The molecule has 0 N–H and O–H groups in total. The van der Waals surface area contributed by atoms with Gasteiger partial charge in [-0.05, 0) is 50.4 Å². The van der Waals surface area contributed by atoms with Gasteiger partial charge in [0.15, 0.2) is 0 Å². The summed E-state index contributed by atoms with van der Waals surface area (Å²) in [5.74, 6) is 2.01. The second kappa shape index (κ2) is 5.64. The summed E-state index contributed by atoms with van der Waals surface area (Å²) < 4.78 is 0. The molecule has 1 amide bonds. The fourth-order valence-electron chi connectivity index (χ4n) is 4.33. The Balaban J connectivity index is 1.56. The van der Waals surface area contributed by atoms with E-state index >= 15 is 0 Å². The lowest BCUT2D eigenvalue weighted by molar-refractivity contribution is -0.137. The van der Waals surface area contributed by atoms with Crippen molar-refractivity contribution in [1.82, 2.24) is 4.90 Å². The molecule has 3 aliphatic rings. The molecule has 1 heterocycles. The lowest BCUT2D eigenvalue weighted by Crippen LogP contribution is -2.46. The average molecular weight is 263 g/mol. The lowest BCUT2D eigenvalue weighted by Gasteiger charge is -2.38. The number of hydrogen-bond donors (Lipinski definition) is 0. The van der Waals surface area contributed by atoms with Crippen LogP contribution < -0.4 is 0 Å². The minimum atomic E-state index is 0.371. The van der Waals surface area contributed by atoms with Crippen molar-refractivity contribution in [1.29, 1.82) is 0 Å². The fourth-order valence-corrected chi connectivity index (χ4v) is 4.33. The molecule has 3 fully saturated rings. The molecule has 1 aliphatic heterocycles. The fraction of sp³-hybridized carbons (Fsp3) is 0.875. The first kappa shape index (κ1) is 13.1. The number of Topliss-reactive ketones (excluding diaryl/α,β-unsaturated/α-hetero) is 1. The van der Waals surface area contributed by atoms with Crippen molar-refractivity contribution in [3.8, 4) is 0 Å². The summed E-state index contributed by atoms with van der Waals surface area (Å²) in [5, 5.41) is 0. The number of rotatable bonds is 2. The van der Waals surface area contributed by atoms with E-state index in [2.05, 4.69) is 4.90 Å². The largest absolute Gasteiger partial charge is 0.339 e. The summed E-state index contributed by atoms with van der Waals surface area (Å²) in [5.41, 5.74) is 0. The number of carbonyl (C=O) groups is 2. The molecular formula is C16H25NO2. The van der Waals surface area contributed by atoms with Gasteiger partial charge in [0.05, 0.1) is 0 Å². The molecule has 2 saturated carbocycles. The Hall–Kier alpha value is -0.860. The highest BCUT2D eigenvalue weighted by atomic mass is 16.2. The normalized spacial score (nSPS) is 32.4. The molecule has 0 unspecified atom stereocenters. The predicted molar refractivity (Wildman–Crippen MR) is 73.7 cm³/mol. The van der Waals surface area contributed by atoms with Crippen molar-refractivity contribution in [2.75, 3.05) is 6.54 Å². The Morgan fingerprint density at radius 2 is 1.79 bits per heavy atom. The zero-order valence-electron chi connectivity index (χ0n) is 11.8. The average Bonchev–Trinajstić information content (AvgIpc) is 2.89. The molecule has 0 bridgehead atoms. The third-order valence-electron chi connectivity index (χ3n) is 5.44. The molecular weight excluding hydrogens is 238 g/mol. The first-order valence-corrected chi connectivity index (χ1v) is 8.05. The van der Waals surface area contributed by atoms with Gasteiger partial charge < -0.3 is 4.90 Å². The first-order valence-electron chi connectivity index (χ1n) is 8.05. The summed E-state index contributed by atoms with van der Waals surface area (Å²) in [4.78, 5) is 26.0. The Bertz CT molecular complexity index is 356. The molecule has 3 rings (SSSR count). The Kier molecular flexibility index (Phi) is 3.90. The number of amides is 1. The molecule has 0 aromatic heterocycles. The van der Waals surface area contributed by atoms with Crippen LogP contribution in [0.2, 0.25) is 0 Å². The molecule has 3 heteroatoms. The highest BCUT2D eigenvalue weighted by Crippen LogP contribution is 2.37. The maximum Gasteiger partial charge on any atom is 0.223 e. The maximum absolute atomic E-state index is 12.5. The monoisotopic (exact) mass is 263 g/mol. The minimum Gasteiger partial charge on any atom is -0.339 e. The van der Waals surface area contributed by atoms with Gasteiger partial charge in [-0.15, -0.1) is 0 Å². The molecule has 0 spiro atoms. The number of nitrogens with zero attached hydrogens (tertiary/aromatic N) is 1. The Morgan fingerprint density at radius 1 is 1.05 bits per heavy atom.